The molecular weight excluding hydrogens is 337 g/mol. The lowest BCUT2D eigenvalue weighted by Crippen LogP contribution is -2.38. The molecule has 1 atom stereocenters. The van der Waals surface area contributed by atoms with Crippen molar-refractivity contribution in [1.29, 1.82) is 0 Å². The number of nitrogens with one attached hydrogen (secondary N) is 1. The molecule has 1 aliphatic heterocycles. The molecule has 2 N–H and O–H groups in total. The van der Waals surface area contributed by atoms with Crippen LogP contribution in [-0.2, 0) is 15.6 Å². The van der Waals surface area contributed by atoms with E-state index in [9.17, 15) is 17.9 Å². The van der Waals surface area contributed by atoms with Gasteiger partial charge in [-0.3, -0.25) is 0 Å². The minimum atomic E-state index is -3.94. The van der Waals surface area contributed by atoms with Gasteiger partial charge in [0.25, 0.3) is 0 Å². The van der Waals surface area contributed by atoms with Crippen molar-refractivity contribution in [3.8, 4) is 11.5 Å². The highest BCUT2D eigenvalue weighted by molar-refractivity contribution is 7.89. The fraction of sp³-hybridized carbons (Fsp3) is 0.250. The van der Waals surface area contributed by atoms with Gasteiger partial charge in [-0.05, 0) is 42.8 Å². The van der Waals surface area contributed by atoms with Gasteiger partial charge < -0.3 is 14.6 Å². The zero-order valence-electron chi connectivity index (χ0n) is 12.8. The number of hydrogen-bond donors (Lipinski definition) is 2. The average Bonchev–Trinajstić information content (AvgIpc) is 3.01. The molecule has 0 aliphatic carbocycles. The van der Waals surface area contributed by atoms with Crippen LogP contribution >= 0.6 is 0 Å². The van der Waals surface area contributed by atoms with E-state index >= 15 is 0 Å². The van der Waals surface area contributed by atoms with Crippen LogP contribution in [0.15, 0.2) is 47.4 Å². The third kappa shape index (κ3) is 3.35. The lowest BCUT2D eigenvalue weighted by Gasteiger charge is -2.24. The van der Waals surface area contributed by atoms with Gasteiger partial charge in [0.2, 0.25) is 16.8 Å². The summed E-state index contributed by atoms with van der Waals surface area (Å²) < 4.78 is 50.4. The Morgan fingerprint density at radius 2 is 1.96 bits per heavy atom. The third-order valence-corrected chi connectivity index (χ3v) is 5.11. The molecule has 0 fully saturated rings. The van der Waals surface area contributed by atoms with Gasteiger partial charge in [0.15, 0.2) is 11.5 Å². The molecule has 3 rings (SSSR count). The molecule has 1 unspecified atom stereocenters. The minimum Gasteiger partial charge on any atom is -0.454 e. The normalized spacial score (nSPS) is 16.0. The van der Waals surface area contributed by atoms with Crippen LogP contribution in [0.1, 0.15) is 12.5 Å². The molecule has 0 amide bonds. The summed E-state index contributed by atoms with van der Waals surface area (Å²) >= 11 is 0. The fourth-order valence-corrected chi connectivity index (χ4v) is 3.45. The molecule has 24 heavy (non-hydrogen) atoms. The molecule has 128 valence electrons. The Balaban J connectivity index is 1.77. The number of hydrogen-bond acceptors (Lipinski definition) is 5. The van der Waals surface area contributed by atoms with Gasteiger partial charge in [-0.1, -0.05) is 12.1 Å². The topological polar surface area (TPSA) is 84.9 Å². The third-order valence-electron chi connectivity index (χ3n) is 3.71. The predicted molar refractivity (Wildman–Crippen MR) is 83.7 cm³/mol. The number of aliphatic hydroxyl groups is 1. The Kier molecular flexibility index (Phi) is 4.20. The smallest absolute Gasteiger partial charge is 0.240 e. The molecule has 1 aliphatic rings. The molecule has 0 saturated heterocycles. The number of fused-ring (bicyclic) bond motifs is 1. The maximum absolute atomic E-state index is 13.2. The van der Waals surface area contributed by atoms with Gasteiger partial charge in [0.05, 0.1) is 4.90 Å². The molecule has 0 bridgehead atoms. The summed E-state index contributed by atoms with van der Waals surface area (Å²) in [7, 11) is -3.94. The zero-order valence-corrected chi connectivity index (χ0v) is 13.6. The molecular formula is C16H16FNO5S. The van der Waals surface area contributed by atoms with E-state index in [1.807, 2.05) is 0 Å². The first-order valence-corrected chi connectivity index (χ1v) is 8.64. The Hall–Kier alpha value is -2.16. The van der Waals surface area contributed by atoms with E-state index < -0.39 is 21.4 Å². The van der Waals surface area contributed by atoms with Crippen molar-refractivity contribution in [2.24, 2.45) is 0 Å². The second kappa shape index (κ2) is 6.04. The van der Waals surface area contributed by atoms with Crippen LogP contribution in [0.4, 0.5) is 4.39 Å². The van der Waals surface area contributed by atoms with Gasteiger partial charge in [-0.15, -0.1) is 0 Å². The number of benzene rings is 2. The van der Waals surface area contributed by atoms with Crippen molar-refractivity contribution >= 4 is 10.0 Å². The van der Waals surface area contributed by atoms with Crippen LogP contribution < -0.4 is 14.2 Å². The zero-order chi connectivity index (χ0) is 17.4. The summed E-state index contributed by atoms with van der Waals surface area (Å²) in [6.45, 7) is 1.29. The molecule has 0 radical (unpaired) electrons. The summed E-state index contributed by atoms with van der Waals surface area (Å²) in [5.74, 6) is 0.399. The summed E-state index contributed by atoms with van der Waals surface area (Å²) in [4.78, 5) is -0.205. The van der Waals surface area contributed by atoms with Crippen molar-refractivity contribution in [3.63, 3.8) is 0 Å². The molecule has 0 saturated carbocycles. The van der Waals surface area contributed by atoms with Crippen LogP contribution in [0, 0.1) is 5.82 Å². The fourth-order valence-electron chi connectivity index (χ4n) is 2.29. The monoisotopic (exact) mass is 353 g/mol. The van der Waals surface area contributed by atoms with E-state index in [0.29, 0.717) is 17.1 Å². The van der Waals surface area contributed by atoms with Crippen LogP contribution in [0.3, 0.4) is 0 Å². The maximum atomic E-state index is 13.2. The molecule has 1 heterocycles. The lowest BCUT2D eigenvalue weighted by molar-refractivity contribution is 0.0625. The quantitative estimate of drug-likeness (QED) is 0.855. The SMILES string of the molecule is CC(O)(CNS(=O)(=O)c1cccc(F)c1)c1ccc2c(c1)OCO2. The van der Waals surface area contributed by atoms with Crippen LogP contribution in [0.25, 0.3) is 0 Å². The number of sulfonamides is 1. The first-order valence-electron chi connectivity index (χ1n) is 7.16. The van der Waals surface area contributed by atoms with E-state index in [1.165, 1.54) is 19.1 Å². The predicted octanol–water partition coefficient (Wildman–Crippen LogP) is 1.74. The van der Waals surface area contributed by atoms with Crippen molar-refractivity contribution in [2.75, 3.05) is 13.3 Å². The van der Waals surface area contributed by atoms with Gasteiger partial charge in [0, 0.05) is 6.54 Å². The van der Waals surface area contributed by atoms with Gasteiger partial charge >= 0.3 is 0 Å². The van der Waals surface area contributed by atoms with E-state index in [4.69, 9.17) is 9.47 Å². The highest BCUT2D eigenvalue weighted by atomic mass is 32.2. The van der Waals surface area contributed by atoms with Gasteiger partial charge in [-0.2, -0.15) is 0 Å². The van der Waals surface area contributed by atoms with E-state index in [2.05, 4.69) is 4.72 Å². The highest BCUT2D eigenvalue weighted by Crippen LogP contribution is 2.35. The highest BCUT2D eigenvalue weighted by Gasteiger charge is 2.28. The Bertz CT molecular complexity index is 867. The molecule has 6 nitrogen and oxygen atoms in total. The van der Waals surface area contributed by atoms with E-state index in [0.717, 1.165) is 12.1 Å². The number of halogens is 1. The van der Waals surface area contributed by atoms with E-state index in [-0.39, 0.29) is 18.2 Å². The number of rotatable bonds is 5. The summed E-state index contributed by atoms with van der Waals surface area (Å²) in [5.41, 5.74) is -1.02. The summed E-state index contributed by atoms with van der Waals surface area (Å²) in [5, 5.41) is 10.6. The van der Waals surface area contributed by atoms with Crippen molar-refractivity contribution < 1.29 is 27.4 Å². The van der Waals surface area contributed by atoms with Gasteiger partial charge in [-0.25, -0.2) is 17.5 Å². The Morgan fingerprint density at radius 1 is 1.21 bits per heavy atom. The second-order valence-corrected chi connectivity index (χ2v) is 7.39. The van der Waals surface area contributed by atoms with Gasteiger partial charge in [0.1, 0.15) is 11.4 Å². The van der Waals surface area contributed by atoms with Crippen LogP contribution in [-0.4, -0.2) is 26.9 Å². The standard InChI is InChI=1S/C16H16FNO5S/c1-16(19,11-5-6-14-15(7-11)23-10-22-14)9-18-24(20,21)13-4-2-3-12(17)8-13/h2-8,18-19H,9-10H2,1H3. The lowest BCUT2D eigenvalue weighted by atomic mass is 9.96. The van der Waals surface area contributed by atoms with Crippen molar-refractivity contribution in [1.82, 2.24) is 4.72 Å². The van der Waals surface area contributed by atoms with Crippen molar-refractivity contribution in [2.45, 2.75) is 17.4 Å². The average molecular weight is 353 g/mol. The Labute approximate surface area is 138 Å². The Morgan fingerprint density at radius 3 is 2.71 bits per heavy atom. The molecule has 8 heteroatoms. The molecule has 2 aromatic carbocycles. The maximum Gasteiger partial charge on any atom is 0.240 e. The first-order chi connectivity index (χ1) is 11.3. The first kappa shape index (κ1) is 16.7. The molecule has 0 spiro atoms. The molecule has 0 aromatic heterocycles. The van der Waals surface area contributed by atoms with Crippen LogP contribution in [0.5, 0.6) is 11.5 Å². The summed E-state index contributed by atoms with van der Waals surface area (Å²) in [6.07, 6.45) is 0. The second-order valence-electron chi connectivity index (χ2n) is 5.62. The van der Waals surface area contributed by atoms with E-state index in [1.54, 1.807) is 18.2 Å². The summed E-state index contributed by atoms with van der Waals surface area (Å²) in [6, 6.07) is 9.52. The minimum absolute atomic E-state index is 0.104. The number of ether oxygens (including phenoxy) is 2. The van der Waals surface area contributed by atoms with Crippen LogP contribution in [0.2, 0.25) is 0 Å². The van der Waals surface area contributed by atoms with Crippen molar-refractivity contribution in [3.05, 3.63) is 53.8 Å². The largest absolute Gasteiger partial charge is 0.454 e. The molecule has 2 aromatic rings.